The maximum absolute atomic E-state index is 14.1. The number of amides is 6. The first-order chi connectivity index (χ1) is 15.7. The first-order valence-corrected chi connectivity index (χ1v) is 9.87. The van der Waals surface area contributed by atoms with Crippen LogP contribution in [0.4, 0.5) is 20.6 Å². The minimum absolute atomic E-state index is 0.171. The monoisotopic (exact) mass is 453 g/mol. The number of halogens is 1. The van der Waals surface area contributed by atoms with E-state index >= 15 is 0 Å². The number of urea groups is 1. The minimum atomic E-state index is -1.56. The van der Waals surface area contributed by atoms with Gasteiger partial charge in [-0.15, -0.1) is 0 Å². The second-order valence-electron chi connectivity index (χ2n) is 7.34. The number of hydrogen-bond acceptors (Lipinski definition) is 6. The number of anilines is 2. The van der Waals surface area contributed by atoms with Crippen molar-refractivity contribution >= 4 is 47.2 Å². The molecule has 0 unspecified atom stereocenters. The average Bonchev–Trinajstić information content (AvgIpc) is 2.77. The smallest absolute Gasteiger partial charge is 0.326 e. The van der Waals surface area contributed by atoms with Gasteiger partial charge >= 0.3 is 6.03 Å². The molecule has 3 N–H and O–H groups in total. The van der Waals surface area contributed by atoms with E-state index < -0.39 is 35.5 Å². The molecule has 1 heterocycles. The van der Waals surface area contributed by atoms with Gasteiger partial charge in [0, 0.05) is 23.4 Å². The number of para-hydroxylation sites is 1. The van der Waals surface area contributed by atoms with Crippen LogP contribution in [0.15, 0.2) is 53.6 Å². The molecular formula is C22H20FN5O5. The molecule has 1 aliphatic heterocycles. The average molecular weight is 453 g/mol. The van der Waals surface area contributed by atoms with Crippen molar-refractivity contribution in [1.29, 1.82) is 0 Å². The Morgan fingerprint density at radius 2 is 1.76 bits per heavy atom. The zero-order valence-electron chi connectivity index (χ0n) is 17.7. The van der Waals surface area contributed by atoms with E-state index in [-0.39, 0.29) is 23.1 Å². The van der Waals surface area contributed by atoms with E-state index in [4.69, 9.17) is 0 Å². The van der Waals surface area contributed by atoms with Crippen LogP contribution < -0.4 is 21.0 Å². The Morgan fingerprint density at radius 1 is 1.09 bits per heavy atom. The number of rotatable bonds is 6. The van der Waals surface area contributed by atoms with Crippen molar-refractivity contribution in [3.8, 4) is 0 Å². The van der Waals surface area contributed by atoms with Crippen LogP contribution in [0.1, 0.15) is 24.2 Å². The highest BCUT2D eigenvalue weighted by Crippen LogP contribution is 2.23. The lowest BCUT2D eigenvalue weighted by Gasteiger charge is -2.28. The van der Waals surface area contributed by atoms with Crippen molar-refractivity contribution in [2.75, 3.05) is 10.2 Å². The van der Waals surface area contributed by atoms with E-state index in [1.807, 2.05) is 5.32 Å². The van der Waals surface area contributed by atoms with Crippen LogP contribution in [0.5, 0.6) is 0 Å². The number of hydrogen-bond donors (Lipinski definition) is 3. The fraction of sp³-hybridized carbons (Fsp3) is 0.182. The number of hydrazone groups is 1. The molecule has 6 amide bonds. The third-order valence-corrected chi connectivity index (χ3v) is 4.62. The summed E-state index contributed by atoms with van der Waals surface area (Å²) in [6.45, 7) is 3.50. The van der Waals surface area contributed by atoms with Crippen molar-refractivity contribution in [3.05, 3.63) is 59.9 Å². The zero-order valence-corrected chi connectivity index (χ0v) is 17.7. The molecule has 0 radical (unpaired) electrons. The Morgan fingerprint density at radius 3 is 2.39 bits per heavy atom. The van der Waals surface area contributed by atoms with Crippen molar-refractivity contribution in [3.63, 3.8) is 0 Å². The second kappa shape index (κ2) is 9.81. The molecule has 1 fully saturated rings. The number of nitrogens with one attached hydrogen (secondary N) is 3. The molecule has 11 heteroatoms. The van der Waals surface area contributed by atoms with Crippen LogP contribution >= 0.6 is 0 Å². The normalized spacial score (nSPS) is 16.2. The highest BCUT2D eigenvalue weighted by Gasteiger charge is 2.41. The standard InChI is InChI=1S/C22H20FN5O5/c1-12(2)18(29)25-14-9-7-13(8-10-14)19(30)27-24-11-15-20(31)26-22(33)28(21(15)32)17-6-4-3-5-16(17)23/h3-12,15H,1-2H3,(H,25,29)(H,27,30)(H,26,31,33)/b24-11-/t15-/m1/s1. The van der Waals surface area contributed by atoms with Gasteiger partial charge in [0.1, 0.15) is 5.82 Å². The molecule has 3 rings (SSSR count). The predicted molar refractivity (Wildman–Crippen MR) is 117 cm³/mol. The van der Waals surface area contributed by atoms with Crippen LogP contribution in [0, 0.1) is 17.7 Å². The Balaban J connectivity index is 1.67. The highest BCUT2D eigenvalue weighted by molar-refractivity contribution is 6.32. The van der Waals surface area contributed by atoms with E-state index in [9.17, 15) is 28.4 Å². The Bertz CT molecular complexity index is 1150. The summed E-state index contributed by atoms with van der Waals surface area (Å²) in [5.41, 5.74) is 2.57. The van der Waals surface area contributed by atoms with E-state index in [0.29, 0.717) is 10.6 Å². The van der Waals surface area contributed by atoms with E-state index in [1.54, 1.807) is 13.8 Å². The molecule has 0 bridgehead atoms. The lowest BCUT2D eigenvalue weighted by Crippen LogP contribution is -2.59. The zero-order chi connectivity index (χ0) is 24.1. The molecule has 0 aromatic heterocycles. The van der Waals surface area contributed by atoms with Crippen molar-refractivity contribution in [2.45, 2.75) is 13.8 Å². The number of carbonyl (C=O) groups excluding carboxylic acids is 5. The molecule has 0 saturated carbocycles. The minimum Gasteiger partial charge on any atom is -0.326 e. The van der Waals surface area contributed by atoms with Gasteiger partial charge in [0.05, 0.1) is 5.69 Å². The SMILES string of the molecule is CC(C)C(=O)Nc1ccc(C(=O)N/N=C\[C@@H]2C(=O)NC(=O)N(c3ccccc3F)C2=O)cc1. The molecule has 2 aromatic carbocycles. The molecule has 2 aromatic rings. The van der Waals surface area contributed by atoms with Crippen molar-refractivity contribution in [1.82, 2.24) is 10.7 Å². The van der Waals surface area contributed by atoms with Gasteiger partial charge in [-0.3, -0.25) is 24.5 Å². The molecule has 170 valence electrons. The summed E-state index contributed by atoms with van der Waals surface area (Å²) >= 11 is 0. The number of benzene rings is 2. The lowest BCUT2D eigenvalue weighted by molar-refractivity contribution is -0.131. The Hall–Kier alpha value is -4.41. The molecule has 0 spiro atoms. The number of nitrogens with zero attached hydrogens (tertiary/aromatic N) is 2. The van der Waals surface area contributed by atoms with Crippen LogP contribution in [-0.2, 0) is 14.4 Å². The maximum atomic E-state index is 14.1. The molecule has 10 nitrogen and oxygen atoms in total. The Kier molecular flexibility index (Phi) is 6.91. The molecule has 0 aliphatic carbocycles. The summed E-state index contributed by atoms with van der Waals surface area (Å²) in [4.78, 5) is 61.3. The summed E-state index contributed by atoms with van der Waals surface area (Å²) in [6, 6.07) is 9.99. The van der Waals surface area contributed by atoms with E-state index in [1.165, 1.54) is 42.5 Å². The quantitative estimate of drug-likeness (QED) is 0.349. The van der Waals surface area contributed by atoms with Gasteiger partial charge in [-0.1, -0.05) is 26.0 Å². The van der Waals surface area contributed by atoms with Crippen molar-refractivity contribution < 1.29 is 28.4 Å². The number of imide groups is 2. The topological polar surface area (TPSA) is 137 Å². The van der Waals surface area contributed by atoms with Gasteiger partial charge in [-0.05, 0) is 36.4 Å². The van der Waals surface area contributed by atoms with E-state index in [0.717, 1.165) is 12.3 Å². The third kappa shape index (κ3) is 5.26. The van der Waals surface area contributed by atoms with Gasteiger partial charge in [-0.2, -0.15) is 5.10 Å². The van der Waals surface area contributed by atoms with Gasteiger partial charge in [0.15, 0.2) is 5.92 Å². The van der Waals surface area contributed by atoms with Crippen LogP contribution in [-0.4, -0.2) is 35.9 Å². The predicted octanol–water partition coefficient (Wildman–Crippen LogP) is 2.03. The summed E-state index contributed by atoms with van der Waals surface area (Å²) in [7, 11) is 0. The lowest BCUT2D eigenvalue weighted by atomic mass is 10.1. The number of carbonyl (C=O) groups is 5. The number of barbiturate groups is 1. The fourth-order valence-corrected chi connectivity index (χ4v) is 2.81. The van der Waals surface area contributed by atoms with Gasteiger partial charge in [0.25, 0.3) is 11.8 Å². The molecule has 1 aliphatic rings. The Labute approximate surface area is 187 Å². The van der Waals surface area contributed by atoms with Gasteiger partial charge < -0.3 is 5.32 Å². The van der Waals surface area contributed by atoms with Gasteiger partial charge in [-0.25, -0.2) is 19.5 Å². The molecule has 1 saturated heterocycles. The van der Waals surface area contributed by atoms with Gasteiger partial charge in [0.2, 0.25) is 11.8 Å². The van der Waals surface area contributed by atoms with Crippen LogP contribution in [0.2, 0.25) is 0 Å². The maximum Gasteiger partial charge on any atom is 0.335 e. The molecular weight excluding hydrogens is 433 g/mol. The molecule has 1 atom stereocenters. The summed E-state index contributed by atoms with van der Waals surface area (Å²) in [5.74, 6) is -5.37. The second-order valence-corrected chi connectivity index (χ2v) is 7.34. The summed E-state index contributed by atoms with van der Waals surface area (Å²) in [5, 5.41) is 8.28. The van der Waals surface area contributed by atoms with E-state index in [2.05, 4.69) is 15.8 Å². The van der Waals surface area contributed by atoms with Crippen LogP contribution in [0.25, 0.3) is 0 Å². The van der Waals surface area contributed by atoms with Crippen LogP contribution in [0.3, 0.4) is 0 Å². The third-order valence-electron chi connectivity index (χ3n) is 4.62. The highest BCUT2D eigenvalue weighted by atomic mass is 19.1. The summed E-state index contributed by atoms with van der Waals surface area (Å²) < 4.78 is 14.1. The first-order valence-electron chi connectivity index (χ1n) is 9.87. The molecule has 33 heavy (non-hydrogen) atoms. The first kappa shape index (κ1) is 23.3. The largest absolute Gasteiger partial charge is 0.335 e. The van der Waals surface area contributed by atoms with Crippen molar-refractivity contribution in [2.24, 2.45) is 16.9 Å². The fourth-order valence-electron chi connectivity index (χ4n) is 2.81. The summed E-state index contributed by atoms with van der Waals surface area (Å²) in [6.07, 6.45) is 0.854.